The maximum atomic E-state index is 13.6. The van der Waals surface area contributed by atoms with E-state index in [2.05, 4.69) is 57.3 Å². The molecule has 5 aromatic rings. The summed E-state index contributed by atoms with van der Waals surface area (Å²) in [4.78, 5) is 23.7. The second kappa shape index (κ2) is 9.66. The predicted octanol–water partition coefficient (Wildman–Crippen LogP) is 4.06. The van der Waals surface area contributed by atoms with E-state index in [1.54, 1.807) is 4.68 Å². The van der Waals surface area contributed by atoms with Crippen molar-refractivity contribution in [1.29, 1.82) is 0 Å². The quantitative estimate of drug-likeness (QED) is 0.273. The zero-order valence-corrected chi connectivity index (χ0v) is 24.7. The first kappa shape index (κ1) is 26.7. The van der Waals surface area contributed by atoms with Gasteiger partial charge in [0.05, 0.1) is 40.9 Å². The Balaban J connectivity index is 1.45. The number of aromatic nitrogens is 6. The number of hydrogen-bond donors (Lipinski definition) is 3. The number of carbonyl (C=O) groups is 1. The van der Waals surface area contributed by atoms with E-state index in [0.717, 1.165) is 49.9 Å². The number of benzene rings is 1. The van der Waals surface area contributed by atoms with Gasteiger partial charge >= 0.3 is 6.03 Å². The minimum atomic E-state index is -3.36. The molecule has 0 spiro atoms. The molecule has 5 heterocycles. The van der Waals surface area contributed by atoms with Gasteiger partial charge in [0.1, 0.15) is 5.65 Å². The number of amides is 2. The number of H-pyrrole nitrogens is 1. The van der Waals surface area contributed by atoms with Crippen molar-refractivity contribution in [2.24, 2.45) is 7.05 Å². The fourth-order valence-electron chi connectivity index (χ4n) is 6.57. The Morgan fingerprint density at radius 3 is 2.67 bits per heavy atom. The first-order valence-electron chi connectivity index (χ1n) is 14.1. The maximum Gasteiger partial charge on any atom is 0.322 e. The number of aryl methyl sites for hydroxylation is 1. The number of nitrogens with one attached hydrogen (secondary N) is 3. The van der Waals surface area contributed by atoms with E-state index in [4.69, 9.17) is 4.98 Å². The summed E-state index contributed by atoms with van der Waals surface area (Å²) in [5.74, 6) is 0. The number of pyridine rings is 1. The van der Waals surface area contributed by atoms with Crippen molar-refractivity contribution in [1.82, 2.24) is 39.6 Å². The van der Waals surface area contributed by atoms with Crippen LogP contribution in [-0.4, -0.2) is 62.3 Å². The lowest BCUT2D eigenvalue weighted by molar-refractivity contribution is 0.242. The number of aromatic amines is 1. The van der Waals surface area contributed by atoms with Crippen LogP contribution in [0.1, 0.15) is 44.7 Å². The monoisotopic (exact) mass is 587 g/mol. The summed E-state index contributed by atoms with van der Waals surface area (Å²) in [6.07, 6.45) is 10.5. The molecule has 1 aliphatic heterocycles. The summed E-state index contributed by atoms with van der Waals surface area (Å²) in [6, 6.07) is 5.96. The van der Waals surface area contributed by atoms with Crippen LogP contribution in [0.3, 0.4) is 0 Å². The lowest BCUT2D eigenvalue weighted by Gasteiger charge is -2.35. The minimum absolute atomic E-state index is 0.176. The summed E-state index contributed by atoms with van der Waals surface area (Å²) < 4.78 is 30.4. The Bertz CT molecular complexity index is 1970. The Labute approximate surface area is 243 Å². The number of nitrogens with zero attached hydrogens (tertiary/aromatic N) is 6. The van der Waals surface area contributed by atoms with Crippen LogP contribution in [0, 0.1) is 0 Å². The summed E-state index contributed by atoms with van der Waals surface area (Å²) in [7, 11) is -1.48. The van der Waals surface area contributed by atoms with Crippen molar-refractivity contribution in [3.63, 3.8) is 0 Å². The van der Waals surface area contributed by atoms with Crippen LogP contribution < -0.4 is 14.9 Å². The molecule has 1 aromatic carbocycles. The van der Waals surface area contributed by atoms with Crippen molar-refractivity contribution >= 4 is 43.7 Å². The number of fused-ring (bicyclic) bond motifs is 4. The van der Waals surface area contributed by atoms with Gasteiger partial charge in [0, 0.05) is 66.2 Å². The fraction of sp³-hybridized carbons (Fsp3) is 0.379. The summed E-state index contributed by atoms with van der Waals surface area (Å²) in [6.45, 7) is 4.58. The molecule has 0 unspecified atom stereocenters. The third-order valence-electron chi connectivity index (χ3n) is 8.28. The third kappa shape index (κ3) is 4.43. The molecule has 0 radical (unpaired) electrons. The van der Waals surface area contributed by atoms with Crippen molar-refractivity contribution in [3.05, 3.63) is 48.5 Å². The number of anilines is 1. The zero-order chi connectivity index (χ0) is 29.3. The standard InChI is InChI=1S/C29H33N9O3S/c1-16(2)38-23-8-5-17(9-18(23)13-33-38)24-25-27-19(11-30-28(25)34-26(24)20-14-32-36(3)15-20)12-31-29(39)37(27)22-7-6-21(10-22)35-42(4,40)41/h5,8-9,11,13-16,21-22,35H,6-7,10,12H2,1-4H3,(H,30,34)(H,31,39)/t21-,22-/m1/s1. The minimum Gasteiger partial charge on any atom is -0.339 e. The van der Waals surface area contributed by atoms with Crippen LogP contribution >= 0.6 is 0 Å². The smallest absolute Gasteiger partial charge is 0.322 e. The highest BCUT2D eigenvalue weighted by Crippen LogP contribution is 2.46. The number of rotatable bonds is 6. The molecular weight excluding hydrogens is 554 g/mol. The molecule has 0 bridgehead atoms. The van der Waals surface area contributed by atoms with Crippen LogP contribution in [0.5, 0.6) is 0 Å². The first-order valence-corrected chi connectivity index (χ1v) is 16.0. The Kier molecular flexibility index (Phi) is 6.13. The van der Waals surface area contributed by atoms with Crippen molar-refractivity contribution in [3.8, 4) is 22.4 Å². The van der Waals surface area contributed by atoms with Crippen molar-refractivity contribution < 1.29 is 13.2 Å². The van der Waals surface area contributed by atoms with Gasteiger partial charge in [0.2, 0.25) is 10.0 Å². The second-order valence-corrected chi connectivity index (χ2v) is 13.5. The van der Waals surface area contributed by atoms with Gasteiger partial charge in [-0.2, -0.15) is 10.2 Å². The first-order chi connectivity index (χ1) is 20.1. The molecular formula is C29H33N9O3S. The molecule has 7 rings (SSSR count). The van der Waals surface area contributed by atoms with Crippen LogP contribution in [-0.2, 0) is 23.6 Å². The van der Waals surface area contributed by atoms with Gasteiger partial charge < -0.3 is 10.3 Å². The predicted molar refractivity (Wildman–Crippen MR) is 162 cm³/mol. The molecule has 1 saturated carbocycles. The van der Waals surface area contributed by atoms with Crippen molar-refractivity contribution in [2.75, 3.05) is 11.2 Å². The van der Waals surface area contributed by atoms with Gasteiger partial charge in [-0.25, -0.2) is 22.9 Å². The Morgan fingerprint density at radius 2 is 1.93 bits per heavy atom. The van der Waals surface area contributed by atoms with Gasteiger partial charge in [-0.1, -0.05) is 6.07 Å². The van der Waals surface area contributed by atoms with Gasteiger partial charge in [-0.15, -0.1) is 0 Å². The molecule has 4 aromatic heterocycles. The molecule has 13 heteroatoms. The number of hydrogen-bond acceptors (Lipinski definition) is 6. The normalized spacial score (nSPS) is 19.3. The van der Waals surface area contributed by atoms with E-state index < -0.39 is 10.0 Å². The molecule has 1 fully saturated rings. The molecule has 2 atom stereocenters. The molecule has 218 valence electrons. The molecule has 2 aliphatic rings. The topological polar surface area (TPSA) is 143 Å². The van der Waals surface area contributed by atoms with E-state index in [1.165, 1.54) is 6.26 Å². The largest absolute Gasteiger partial charge is 0.339 e. The van der Waals surface area contributed by atoms with Crippen LogP contribution in [0.25, 0.3) is 44.3 Å². The van der Waals surface area contributed by atoms with E-state index in [9.17, 15) is 13.2 Å². The van der Waals surface area contributed by atoms with Gasteiger partial charge in [-0.3, -0.25) is 14.3 Å². The van der Waals surface area contributed by atoms with E-state index in [-0.39, 0.29) is 24.2 Å². The summed E-state index contributed by atoms with van der Waals surface area (Å²) in [5.41, 5.74) is 7.12. The highest BCUT2D eigenvalue weighted by atomic mass is 32.2. The maximum absolute atomic E-state index is 13.6. The van der Waals surface area contributed by atoms with Gasteiger partial charge in [-0.05, 0) is 50.8 Å². The van der Waals surface area contributed by atoms with E-state index in [1.807, 2.05) is 41.4 Å². The molecule has 3 N–H and O–H groups in total. The van der Waals surface area contributed by atoms with Crippen molar-refractivity contribution in [2.45, 2.75) is 57.8 Å². The number of urea groups is 1. The molecule has 0 saturated heterocycles. The molecule has 2 amide bonds. The lowest BCUT2D eigenvalue weighted by Crippen LogP contribution is -2.49. The number of carbonyl (C=O) groups excluding carboxylic acids is 1. The summed E-state index contributed by atoms with van der Waals surface area (Å²) >= 11 is 0. The third-order valence-corrected chi connectivity index (χ3v) is 9.04. The van der Waals surface area contributed by atoms with Gasteiger partial charge in [0.15, 0.2) is 0 Å². The van der Waals surface area contributed by atoms with E-state index in [0.29, 0.717) is 31.5 Å². The number of sulfonamides is 1. The Morgan fingerprint density at radius 1 is 1.10 bits per heavy atom. The molecule has 42 heavy (non-hydrogen) atoms. The zero-order valence-electron chi connectivity index (χ0n) is 23.9. The highest BCUT2D eigenvalue weighted by Gasteiger charge is 2.39. The fourth-order valence-corrected chi connectivity index (χ4v) is 7.39. The highest BCUT2D eigenvalue weighted by molar-refractivity contribution is 7.88. The average Bonchev–Trinajstić information content (AvgIpc) is 3.72. The van der Waals surface area contributed by atoms with E-state index >= 15 is 0 Å². The average molecular weight is 588 g/mol. The molecule has 1 aliphatic carbocycles. The second-order valence-electron chi connectivity index (χ2n) is 11.7. The van der Waals surface area contributed by atoms with Gasteiger partial charge in [0.25, 0.3) is 0 Å². The van der Waals surface area contributed by atoms with Crippen LogP contribution in [0.4, 0.5) is 10.5 Å². The SMILES string of the molecule is CC(C)n1ncc2cc(-c3c(-c4cnn(C)c4)[nH]c4ncc5c(c34)N([C@@H]3CC[C@@H](NS(C)(=O)=O)C3)C(=O)NC5)ccc21. The summed E-state index contributed by atoms with van der Waals surface area (Å²) in [5, 5.41) is 13.9. The Hall–Kier alpha value is -4.23. The lowest BCUT2D eigenvalue weighted by atomic mass is 9.96. The van der Waals surface area contributed by atoms with Crippen LogP contribution in [0.15, 0.2) is 43.0 Å². The molecule has 12 nitrogen and oxygen atoms in total. The van der Waals surface area contributed by atoms with Crippen LogP contribution in [0.2, 0.25) is 0 Å².